The average Bonchev–Trinajstić information content (AvgIpc) is 2.86. The van der Waals surface area contributed by atoms with E-state index in [2.05, 4.69) is 0 Å². The fourth-order valence-corrected chi connectivity index (χ4v) is 3.17. The van der Waals surface area contributed by atoms with Gasteiger partial charge in [-0.25, -0.2) is 19.2 Å². The van der Waals surface area contributed by atoms with Gasteiger partial charge in [0.2, 0.25) is 11.9 Å². The monoisotopic (exact) mass is 528 g/mol. The van der Waals surface area contributed by atoms with Gasteiger partial charge in [-0.3, -0.25) is 0 Å². The molecule has 2 aromatic carbocycles. The normalized spacial score (nSPS) is 18.9. The Morgan fingerprint density at radius 1 is 0.737 bits per heavy atom. The van der Waals surface area contributed by atoms with Crippen LogP contribution in [0.2, 0.25) is 0 Å². The Morgan fingerprint density at radius 3 is 1.68 bits per heavy atom. The molecule has 6 N–H and O–H groups in total. The van der Waals surface area contributed by atoms with E-state index in [0.29, 0.717) is 0 Å². The van der Waals surface area contributed by atoms with E-state index < -0.39 is 65.2 Å². The van der Waals surface area contributed by atoms with Crippen molar-refractivity contribution in [2.75, 3.05) is 0 Å². The standard InChI is InChI=1S/C25H20O13/c26-14-5-1-12(9-16(14)28)3-7-20(30)36-18-11-19(24(32)33)37-23(25(34)35)22(18)38-21(31)8-4-13-2-6-15(27)17(29)10-13/h1-11,18,22-23,26-29H,(H,32,33)(H,34,35)/b7-3+,8-4+/t18-,22+,23-/m0/s1. The first-order chi connectivity index (χ1) is 17.9. The number of aliphatic carboxylic acids is 2. The van der Waals surface area contributed by atoms with Gasteiger partial charge in [-0.1, -0.05) is 12.1 Å². The van der Waals surface area contributed by atoms with Gasteiger partial charge >= 0.3 is 23.9 Å². The number of esters is 2. The van der Waals surface area contributed by atoms with Gasteiger partial charge in [-0.15, -0.1) is 0 Å². The summed E-state index contributed by atoms with van der Waals surface area (Å²) in [7, 11) is 0. The Morgan fingerprint density at radius 2 is 1.24 bits per heavy atom. The molecule has 0 aliphatic carbocycles. The Balaban J connectivity index is 1.82. The minimum absolute atomic E-state index is 0.272. The Hall–Kier alpha value is -5.46. The highest BCUT2D eigenvalue weighted by Gasteiger charge is 2.45. The molecule has 0 aromatic heterocycles. The maximum Gasteiger partial charge on any atom is 0.370 e. The molecule has 0 radical (unpaired) electrons. The van der Waals surface area contributed by atoms with Crippen molar-refractivity contribution in [3.63, 3.8) is 0 Å². The second-order valence-corrected chi connectivity index (χ2v) is 7.68. The third kappa shape index (κ3) is 6.81. The van der Waals surface area contributed by atoms with Gasteiger partial charge in [0.15, 0.2) is 35.2 Å². The number of carbonyl (C=O) groups excluding carboxylic acids is 2. The van der Waals surface area contributed by atoms with Crippen molar-refractivity contribution in [1.82, 2.24) is 0 Å². The molecule has 198 valence electrons. The summed E-state index contributed by atoms with van der Waals surface area (Å²) in [6.45, 7) is 0. The molecule has 1 aliphatic rings. The quantitative estimate of drug-likeness (QED) is 0.163. The molecule has 13 nitrogen and oxygen atoms in total. The predicted molar refractivity (Wildman–Crippen MR) is 126 cm³/mol. The molecule has 0 spiro atoms. The minimum Gasteiger partial charge on any atom is -0.504 e. The number of ether oxygens (including phenoxy) is 3. The van der Waals surface area contributed by atoms with Crippen LogP contribution in [0.4, 0.5) is 0 Å². The fraction of sp³-hybridized carbons (Fsp3) is 0.120. The van der Waals surface area contributed by atoms with Crippen LogP contribution in [0.15, 0.2) is 60.4 Å². The summed E-state index contributed by atoms with van der Waals surface area (Å²) in [5.74, 6) is -8.14. The topological polar surface area (TPSA) is 217 Å². The van der Waals surface area contributed by atoms with E-state index in [4.69, 9.17) is 14.2 Å². The Kier molecular flexibility index (Phi) is 8.22. The highest BCUT2D eigenvalue weighted by molar-refractivity contribution is 5.90. The van der Waals surface area contributed by atoms with E-state index >= 15 is 0 Å². The van der Waals surface area contributed by atoms with E-state index in [1.54, 1.807) is 0 Å². The Bertz CT molecular complexity index is 1360. The summed E-state index contributed by atoms with van der Waals surface area (Å²) in [4.78, 5) is 48.0. The smallest absolute Gasteiger partial charge is 0.370 e. The molecule has 0 bridgehead atoms. The molecule has 2 aromatic rings. The predicted octanol–water partition coefficient (Wildman–Crippen LogP) is 1.51. The second-order valence-electron chi connectivity index (χ2n) is 7.68. The number of carbonyl (C=O) groups is 4. The maximum atomic E-state index is 12.4. The van der Waals surface area contributed by atoms with E-state index in [-0.39, 0.29) is 16.9 Å². The summed E-state index contributed by atoms with van der Waals surface area (Å²) < 4.78 is 15.2. The van der Waals surface area contributed by atoms with Crippen LogP contribution < -0.4 is 0 Å². The summed E-state index contributed by atoms with van der Waals surface area (Å²) in [5, 5.41) is 56.6. The Labute approximate surface area is 213 Å². The van der Waals surface area contributed by atoms with Gasteiger partial charge in [0.1, 0.15) is 0 Å². The molecule has 3 atom stereocenters. The van der Waals surface area contributed by atoms with Crippen molar-refractivity contribution in [3.8, 4) is 23.0 Å². The molecule has 13 heteroatoms. The number of benzene rings is 2. The lowest BCUT2D eigenvalue weighted by Gasteiger charge is -2.32. The van der Waals surface area contributed by atoms with E-state index in [0.717, 1.165) is 36.4 Å². The van der Waals surface area contributed by atoms with Gasteiger partial charge in [0.25, 0.3) is 0 Å². The maximum absolute atomic E-state index is 12.4. The molecule has 0 saturated carbocycles. The molecule has 3 rings (SSSR count). The molecular formula is C25H20O13. The number of aromatic hydroxyl groups is 4. The zero-order valence-corrected chi connectivity index (χ0v) is 19.1. The van der Waals surface area contributed by atoms with Crippen LogP contribution in [0.3, 0.4) is 0 Å². The first-order valence-corrected chi connectivity index (χ1v) is 10.6. The van der Waals surface area contributed by atoms with Crippen molar-refractivity contribution in [1.29, 1.82) is 0 Å². The largest absolute Gasteiger partial charge is 0.504 e. The molecule has 0 amide bonds. The number of phenols is 4. The van der Waals surface area contributed by atoms with Crippen molar-refractivity contribution in [2.45, 2.75) is 18.3 Å². The van der Waals surface area contributed by atoms with Crippen molar-refractivity contribution < 1.29 is 64.0 Å². The van der Waals surface area contributed by atoms with E-state index in [1.807, 2.05) is 0 Å². The zero-order chi connectivity index (χ0) is 28.0. The molecule has 1 heterocycles. The van der Waals surface area contributed by atoms with Crippen LogP contribution in [0.25, 0.3) is 12.2 Å². The van der Waals surface area contributed by atoms with Crippen LogP contribution in [0.5, 0.6) is 23.0 Å². The van der Waals surface area contributed by atoms with Gasteiger partial charge in [0, 0.05) is 18.2 Å². The lowest BCUT2D eigenvalue weighted by molar-refractivity contribution is -0.183. The molecule has 0 fully saturated rings. The highest BCUT2D eigenvalue weighted by atomic mass is 16.6. The molecule has 0 saturated heterocycles. The summed E-state index contributed by atoms with van der Waals surface area (Å²) in [6.07, 6.45) is -0.702. The number of carboxylic acids is 2. The average molecular weight is 528 g/mol. The van der Waals surface area contributed by atoms with Gasteiger partial charge in [-0.2, -0.15) is 0 Å². The molecule has 0 unspecified atom stereocenters. The molecule has 1 aliphatic heterocycles. The molecular weight excluding hydrogens is 508 g/mol. The second kappa shape index (κ2) is 11.5. The molecule has 38 heavy (non-hydrogen) atoms. The van der Waals surface area contributed by atoms with Gasteiger partial charge in [0.05, 0.1) is 0 Å². The highest BCUT2D eigenvalue weighted by Crippen LogP contribution is 2.27. The van der Waals surface area contributed by atoms with Crippen LogP contribution in [-0.4, -0.2) is 72.8 Å². The van der Waals surface area contributed by atoms with Crippen LogP contribution in [0.1, 0.15) is 11.1 Å². The number of hydrogen-bond acceptors (Lipinski definition) is 11. The third-order valence-corrected chi connectivity index (χ3v) is 4.97. The summed E-state index contributed by atoms with van der Waals surface area (Å²) >= 11 is 0. The lowest BCUT2D eigenvalue weighted by Crippen LogP contribution is -2.50. The summed E-state index contributed by atoms with van der Waals surface area (Å²) in [5.41, 5.74) is 0.552. The van der Waals surface area contributed by atoms with Crippen LogP contribution in [-0.2, 0) is 33.4 Å². The van der Waals surface area contributed by atoms with E-state index in [1.165, 1.54) is 30.4 Å². The zero-order valence-electron chi connectivity index (χ0n) is 19.1. The number of rotatable bonds is 8. The van der Waals surface area contributed by atoms with E-state index in [9.17, 15) is 49.8 Å². The van der Waals surface area contributed by atoms with Crippen molar-refractivity contribution in [2.24, 2.45) is 0 Å². The van der Waals surface area contributed by atoms with Crippen molar-refractivity contribution in [3.05, 3.63) is 71.5 Å². The third-order valence-electron chi connectivity index (χ3n) is 4.97. The van der Waals surface area contributed by atoms with Crippen LogP contribution in [0, 0.1) is 0 Å². The lowest BCUT2D eigenvalue weighted by atomic mass is 10.0. The number of carboxylic acid groups (broad SMARTS) is 2. The number of phenolic OH excluding ortho intramolecular Hbond substituents is 4. The first-order valence-electron chi connectivity index (χ1n) is 10.6. The summed E-state index contributed by atoms with van der Waals surface area (Å²) in [6, 6.07) is 7.32. The minimum atomic E-state index is -2.06. The van der Waals surface area contributed by atoms with Gasteiger partial charge in [-0.05, 0) is 47.5 Å². The van der Waals surface area contributed by atoms with Gasteiger partial charge < -0.3 is 44.8 Å². The number of hydrogen-bond donors (Lipinski definition) is 6. The van der Waals surface area contributed by atoms with Crippen LogP contribution >= 0.6 is 0 Å². The fourth-order valence-electron chi connectivity index (χ4n) is 3.17. The first kappa shape index (κ1) is 27.1. The van der Waals surface area contributed by atoms with Crippen molar-refractivity contribution >= 4 is 36.0 Å². The SMILES string of the molecule is O=C(/C=C/c1ccc(O)c(O)c1)O[C@@H]1[C@@H](OC(=O)/C=C/c2ccc(O)c(O)c2)C=C(C(=O)O)O[C@@H]1C(=O)O.